The number of nitriles is 1. The fourth-order valence-corrected chi connectivity index (χ4v) is 3.52. The number of fused-ring (bicyclic) bond motifs is 1. The van der Waals surface area contributed by atoms with Gasteiger partial charge in [0.05, 0.1) is 42.7 Å². The van der Waals surface area contributed by atoms with Crippen LogP contribution >= 0.6 is 0 Å². The van der Waals surface area contributed by atoms with Crippen molar-refractivity contribution in [1.82, 2.24) is 19.6 Å². The van der Waals surface area contributed by atoms with Crippen molar-refractivity contribution in [3.05, 3.63) is 60.3 Å². The molecule has 1 amide bonds. The molecular weight excluding hydrogens is 399 g/mol. The molecule has 1 fully saturated rings. The first kappa shape index (κ1) is 22.0. The molecule has 3 rings (SSSR count). The van der Waals surface area contributed by atoms with Crippen LogP contribution in [0.25, 0.3) is 5.65 Å². The summed E-state index contributed by atoms with van der Waals surface area (Å²) in [6, 6.07) is 4.87. The molecule has 1 unspecified atom stereocenters. The Bertz CT molecular complexity index is 1080. The zero-order valence-electron chi connectivity index (χ0n) is 17.6. The number of carbonyl (C=O) groups is 1. The van der Waals surface area contributed by atoms with E-state index in [1.165, 1.54) is 19.4 Å². The lowest BCUT2D eigenvalue weighted by molar-refractivity contribution is -0.131. The number of ether oxygens (including phenoxy) is 1. The largest absolute Gasteiger partial charge is 0.493 e. The molecule has 2 aromatic rings. The number of pyridine rings is 1. The van der Waals surface area contributed by atoms with E-state index in [-0.39, 0.29) is 24.2 Å². The Kier molecular flexibility index (Phi) is 7.03. The lowest BCUT2D eigenvalue weighted by Gasteiger charge is -2.33. The molecule has 9 heteroatoms. The SMILES string of the molecule is C=C(NC1CCCN(C(=O)CC#N)C1)/C(=C\N=C(C)c1cnc2ccc(F)cn12)OC. The molecule has 0 aromatic carbocycles. The average molecular weight is 424 g/mol. The number of piperidine rings is 1. The van der Waals surface area contributed by atoms with Gasteiger partial charge in [-0.05, 0) is 31.9 Å². The minimum absolute atomic E-state index is 0.00858. The zero-order valence-corrected chi connectivity index (χ0v) is 17.6. The van der Waals surface area contributed by atoms with Gasteiger partial charge in [-0.15, -0.1) is 0 Å². The number of aliphatic imine (C=N–C) groups is 1. The van der Waals surface area contributed by atoms with Gasteiger partial charge in [0.15, 0.2) is 5.76 Å². The van der Waals surface area contributed by atoms with E-state index < -0.39 is 0 Å². The number of amides is 1. The molecule has 1 saturated heterocycles. The third kappa shape index (κ3) is 5.28. The Morgan fingerprint density at radius 3 is 3.10 bits per heavy atom. The fraction of sp³-hybridized carbons (Fsp3) is 0.364. The fourth-order valence-electron chi connectivity index (χ4n) is 3.52. The van der Waals surface area contributed by atoms with Crippen molar-refractivity contribution in [3.63, 3.8) is 0 Å². The summed E-state index contributed by atoms with van der Waals surface area (Å²) in [6.45, 7) is 6.99. The summed E-state index contributed by atoms with van der Waals surface area (Å²) in [5, 5.41) is 12.0. The lowest BCUT2D eigenvalue weighted by Crippen LogP contribution is -2.47. The van der Waals surface area contributed by atoms with Crippen molar-refractivity contribution in [3.8, 4) is 6.07 Å². The van der Waals surface area contributed by atoms with E-state index in [0.29, 0.717) is 41.6 Å². The highest BCUT2D eigenvalue weighted by atomic mass is 19.1. The van der Waals surface area contributed by atoms with E-state index in [0.717, 1.165) is 12.8 Å². The van der Waals surface area contributed by atoms with Crippen LogP contribution in [-0.2, 0) is 9.53 Å². The normalized spacial score (nSPS) is 17.4. The summed E-state index contributed by atoms with van der Waals surface area (Å²) in [4.78, 5) is 22.4. The summed E-state index contributed by atoms with van der Waals surface area (Å²) < 4.78 is 20.7. The summed E-state index contributed by atoms with van der Waals surface area (Å²) >= 11 is 0. The number of methoxy groups -OCH3 is 1. The number of likely N-dealkylation sites (tertiary alicyclic amines) is 1. The van der Waals surface area contributed by atoms with Crippen LogP contribution in [0.15, 0.2) is 53.8 Å². The van der Waals surface area contributed by atoms with Gasteiger partial charge in [-0.1, -0.05) is 6.58 Å². The number of hydrogen-bond donors (Lipinski definition) is 1. The molecule has 1 N–H and O–H groups in total. The smallest absolute Gasteiger partial charge is 0.236 e. The van der Waals surface area contributed by atoms with Crippen LogP contribution in [0.1, 0.15) is 31.9 Å². The van der Waals surface area contributed by atoms with E-state index >= 15 is 0 Å². The summed E-state index contributed by atoms with van der Waals surface area (Å²) in [6.07, 6.45) is 6.15. The first-order valence-electron chi connectivity index (χ1n) is 9.95. The van der Waals surface area contributed by atoms with Gasteiger partial charge >= 0.3 is 0 Å². The van der Waals surface area contributed by atoms with Crippen molar-refractivity contribution in [1.29, 1.82) is 5.26 Å². The number of halogens is 1. The summed E-state index contributed by atoms with van der Waals surface area (Å²) in [7, 11) is 1.52. The van der Waals surface area contributed by atoms with Gasteiger partial charge in [-0.3, -0.25) is 14.2 Å². The van der Waals surface area contributed by atoms with Crippen molar-refractivity contribution in [2.45, 2.75) is 32.2 Å². The van der Waals surface area contributed by atoms with Crippen molar-refractivity contribution >= 4 is 17.3 Å². The Morgan fingerprint density at radius 1 is 1.55 bits per heavy atom. The molecule has 8 nitrogen and oxygen atoms in total. The number of carbonyl (C=O) groups excluding carboxylic acids is 1. The third-order valence-electron chi connectivity index (χ3n) is 5.12. The van der Waals surface area contributed by atoms with Crippen LogP contribution in [0, 0.1) is 17.1 Å². The van der Waals surface area contributed by atoms with Crippen molar-refractivity contribution < 1.29 is 13.9 Å². The molecule has 1 aliphatic rings. The summed E-state index contributed by atoms with van der Waals surface area (Å²) in [5.74, 6) is -0.0772. The highest BCUT2D eigenvalue weighted by molar-refractivity contribution is 5.98. The van der Waals surface area contributed by atoms with Crippen LogP contribution in [0.3, 0.4) is 0 Å². The van der Waals surface area contributed by atoms with E-state index in [1.54, 1.807) is 34.7 Å². The highest BCUT2D eigenvalue weighted by Gasteiger charge is 2.24. The molecule has 1 atom stereocenters. The maximum atomic E-state index is 13.6. The second-order valence-corrected chi connectivity index (χ2v) is 7.27. The Labute approximate surface area is 180 Å². The Morgan fingerprint density at radius 2 is 2.35 bits per heavy atom. The van der Waals surface area contributed by atoms with Crippen LogP contribution in [0.2, 0.25) is 0 Å². The van der Waals surface area contributed by atoms with Gasteiger partial charge in [0.1, 0.15) is 17.9 Å². The topological polar surface area (TPSA) is 95.0 Å². The molecule has 0 bridgehead atoms. The summed E-state index contributed by atoms with van der Waals surface area (Å²) in [5.41, 5.74) is 2.47. The quantitative estimate of drug-likeness (QED) is 0.419. The molecule has 31 heavy (non-hydrogen) atoms. The predicted molar refractivity (Wildman–Crippen MR) is 115 cm³/mol. The van der Waals surface area contributed by atoms with E-state index in [1.807, 2.05) is 6.07 Å². The number of imidazole rings is 1. The van der Waals surface area contributed by atoms with E-state index in [4.69, 9.17) is 10.00 Å². The molecule has 3 heterocycles. The molecule has 0 radical (unpaired) electrons. The number of nitrogens with zero attached hydrogens (tertiary/aromatic N) is 5. The van der Waals surface area contributed by atoms with Crippen LogP contribution < -0.4 is 5.32 Å². The molecular formula is C22H25FN6O2. The Balaban J connectivity index is 1.70. The van der Waals surface area contributed by atoms with Crippen molar-refractivity contribution in [2.75, 3.05) is 20.2 Å². The number of rotatable bonds is 7. The van der Waals surface area contributed by atoms with Gasteiger partial charge in [-0.2, -0.15) is 5.26 Å². The highest BCUT2D eigenvalue weighted by Crippen LogP contribution is 2.16. The minimum Gasteiger partial charge on any atom is -0.493 e. The molecule has 2 aromatic heterocycles. The van der Waals surface area contributed by atoms with Gasteiger partial charge in [0.2, 0.25) is 5.91 Å². The monoisotopic (exact) mass is 424 g/mol. The number of nitrogens with one attached hydrogen (secondary N) is 1. The average Bonchev–Trinajstić information content (AvgIpc) is 3.17. The standard InChI is InChI=1S/C22H25FN6O2/c1-15(19-11-26-21-7-6-17(23)13-29(19)21)25-12-20(31-3)16(2)27-18-5-4-10-28(14-18)22(30)8-9-24/h6-7,11-13,18,27H,2,4-5,8,10,14H2,1,3H3/b20-12+,25-15?. The lowest BCUT2D eigenvalue weighted by atomic mass is 10.0. The van der Waals surface area contributed by atoms with Crippen LogP contribution in [-0.4, -0.2) is 52.1 Å². The number of aromatic nitrogens is 2. The molecule has 0 aliphatic carbocycles. The maximum absolute atomic E-state index is 13.6. The maximum Gasteiger partial charge on any atom is 0.236 e. The Hall–Kier alpha value is -3.67. The molecule has 1 aliphatic heterocycles. The zero-order chi connectivity index (χ0) is 22.4. The van der Waals surface area contributed by atoms with Crippen LogP contribution in [0.5, 0.6) is 0 Å². The van der Waals surface area contributed by atoms with Gasteiger partial charge in [-0.25, -0.2) is 9.37 Å². The third-order valence-corrected chi connectivity index (χ3v) is 5.12. The second kappa shape index (κ2) is 9.89. The first-order chi connectivity index (χ1) is 14.9. The van der Waals surface area contributed by atoms with E-state index in [9.17, 15) is 9.18 Å². The van der Waals surface area contributed by atoms with Gasteiger partial charge in [0.25, 0.3) is 0 Å². The molecule has 0 spiro atoms. The van der Waals surface area contributed by atoms with E-state index in [2.05, 4.69) is 21.9 Å². The van der Waals surface area contributed by atoms with Gasteiger partial charge in [0, 0.05) is 25.3 Å². The van der Waals surface area contributed by atoms with Crippen LogP contribution in [0.4, 0.5) is 4.39 Å². The minimum atomic E-state index is -0.361. The van der Waals surface area contributed by atoms with Gasteiger partial charge < -0.3 is 15.0 Å². The second-order valence-electron chi connectivity index (χ2n) is 7.27. The first-order valence-corrected chi connectivity index (χ1v) is 9.95. The van der Waals surface area contributed by atoms with Crippen molar-refractivity contribution in [2.24, 2.45) is 4.99 Å². The molecule has 0 saturated carbocycles. The number of hydrogen-bond acceptors (Lipinski definition) is 6. The molecule has 162 valence electrons. The predicted octanol–water partition coefficient (Wildman–Crippen LogP) is 2.78.